The van der Waals surface area contributed by atoms with Gasteiger partial charge in [0.2, 0.25) is 0 Å². The molecule has 6 heteroatoms. The van der Waals surface area contributed by atoms with Crippen LogP contribution in [-0.2, 0) is 4.79 Å². The molecule has 0 aromatic heterocycles. The summed E-state index contributed by atoms with van der Waals surface area (Å²) in [7, 11) is 0. The van der Waals surface area contributed by atoms with Crippen molar-refractivity contribution in [3.63, 3.8) is 0 Å². The molecule has 0 aliphatic rings. The lowest BCUT2D eigenvalue weighted by molar-refractivity contribution is -0.139. The summed E-state index contributed by atoms with van der Waals surface area (Å²) in [4.78, 5) is 22.4. The maximum absolute atomic E-state index is 11.7. The number of hydrogen-bond donors (Lipinski definition) is 3. The van der Waals surface area contributed by atoms with Crippen LogP contribution in [0.15, 0.2) is 18.2 Å². The highest BCUT2D eigenvalue weighted by Crippen LogP contribution is 2.21. The molecule has 1 amide bonds. The van der Waals surface area contributed by atoms with Gasteiger partial charge >= 0.3 is 5.97 Å². The number of hydrogen-bond acceptors (Lipinski definition) is 3. The molecule has 0 aliphatic carbocycles. The molecule has 1 rings (SSSR count). The van der Waals surface area contributed by atoms with Crippen LogP contribution >= 0.6 is 11.6 Å². The second kappa shape index (κ2) is 5.54. The van der Waals surface area contributed by atoms with E-state index in [0.717, 1.165) is 0 Å². The molecule has 0 unspecified atom stereocenters. The highest BCUT2D eigenvalue weighted by atomic mass is 35.5. The number of aromatic hydroxyl groups is 1. The molecule has 0 fully saturated rings. The first-order valence-electron chi connectivity index (χ1n) is 4.98. The van der Waals surface area contributed by atoms with Gasteiger partial charge in [0, 0.05) is 5.02 Å². The summed E-state index contributed by atoms with van der Waals surface area (Å²) in [6.07, 6.45) is 0.259. The van der Waals surface area contributed by atoms with Gasteiger partial charge in [-0.3, -0.25) is 4.79 Å². The van der Waals surface area contributed by atoms with Gasteiger partial charge in [0.1, 0.15) is 11.8 Å². The monoisotopic (exact) mass is 257 g/mol. The van der Waals surface area contributed by atoms with Crippen molar-refractivity contribution in [3.05, 3.63) is 28.8 Å². The summed E-state index contributed by atoms with van der Waals surface area (Å²) < 4.78 is 0. The molecule has 17 heavy (non-hydrogen) atoms. The SMILES string of the molecule is CC[C@@H](NC(=O)c1ccc(Cl)cc1O)C(=O)O. The molecule has 1 aromatic rings. The fraction of sp³-hybridized carbons (Fsp3) is 0.273. The van der Waals surface area contributed by atoms with Crippen molar-refractivity contribution < 1.29 is 19.8 Å². The van der Waals surface area contributed by atoms with Gasteiger partial charge in [-0.05, 0) is 24.6 Å². The number of phenolic OH excluding ortho intramolecular Hbond substituents is 1. The first-order chi connectivity index (χ1) is 7.95. The van der Waals surface area contributed by atoms with Crippen molar-refractivity contribution in [2.75, 3.05) is 0 Å². The Morgan fingerprint density at radius 2 is 2.12 bits per heavy atom. The fourth-order valence-electron chi connectivity index (χ4n) is 1.27. The predicted octanol–water partition coefficient (Wildman–Crippen LogP) is 1.64. The van der Waals surface area contributed by atoms with Gasteiger partial charge < -0.3 is 15.5 Å². The molecule has 0 spiro atoms. The quantitative estimate of drug-likeness (QED) is 0.765. The molecule has 3 N–H and O–H groups in total. The summed E-state index contributed by atoms with van der Waals surface area (Å²) in [6.45, 7) is 1.64. The van der Waals surface area contributed by atoms with E-state index in [0.29, 0.717) is 5.02 Å². The molecule has 0 heterocycles. The third kappa shape index (κ3) is 3.35. The Morgan fingerprint density at radius 3 is 2.59 bits per heavy atom. The molecule has 1 aromatic carbocycles. The molecule has 92 valence electrons. The minimum absolute atomic E-state index is 0.00546. The topological polar surface area (TPSA) is 86.6 Å². The van der Waals surface area contributed by atoms with Crippen LogP contribution in [0.1, 0.15) is 23.7 Å². The number of phenols is 1. The molecular weight excluding hydrogens is 246 g/mol. The van der Waals surface area contributed by atoms with Gasteiger partial charge in [-0.2, -0.15) is 0 Å². The highest BCUT2D eigenvalue weighted by Gasteiger charge is 2.20. The van der Waals surface area contributed by atoms with Crippen molar-refractivity contribution in [3.8, 4) is 5.75 Å². The number of halogens is 1. The molecule has 0 saturated carbocycles. The number of rotatable bonds is 4. The van der Waals surface area contributed by atoms with Gasteiger partial charge in [0.15, 0.2) is 0 Å². The Kier molecular flexibility index (Phi) is 4.34. The second-order valence-electron chi connectivity index (χ2n) is 3.43. The van der Waals surface area contributed by atoms with Crippen LogP contribution in [-0.4, -0.2) is 28.1 Å². The Morgan fingerprint density at radius 1 is 1.47 bits per heavy atom. The number of amides is 1. The molecular formula is C11H12ClNO4. The Labute approximate surface area is 103 Å². The lowest BCUT2D eigenvalue weighted by Gasteiger charge is -2.12. The molecule has 1 atom stereocenters. The van der Waals surface area contributed by atoms with E-state index in [9.17, 15) is 14.7 Å². The highest BCUT2D eigenvalue weighted by molar-refractivity contribution is 6.30. The third-order valence-corrected chi connectivity index (χ3v) is 2.45. The lowest BCUT2D eigenvalue weighted by Crippen LogP contribution is -2.40. The number of nitrogens with one attached hydrogen (secondary N) is 1. The third-order valence-electron chi connectivity index (χ3n) is 2.22. The Balaban J connectivity index is 2.86. The van der Waals surface area contributed by atoms with Gasteiger partial charge in [-0.15, -0.1) is 0 Å². The summed E-state index contributed by atoms with van der Waals surface area (Å²) in [5.41, 5.74) is -0.00546. The van der Waals surface area contributed by atoms with Gasteiger partial charge in [0.05, 0.1) is 5.56 Å². The normalized spacial score (nSPS) is 11.9. The van der Waals surface area contributed by atoms with E-state index in [4.69, 9.17) is 16.7 Å². The van der Waals surface area contributed by atoms with Crippen LogP contribution in [0, 0.1) is 0 Å². The molecule has 0 bridgehead atoms. The van der Waals surface area contributed by atoms with Crippen molar-refractivity contribution in [2.45, 2.75) is 19.4 Å². The van der Waals surface area contributed by atoms with Crippen LogP contribution in [0.4, 0.5) is 0 Å². The summed E-state index contributed by atoms with van der Waals surface area (Å²) in [5, 5.41) is 20.9. The molecule has 0 aliphatic heterocycles. The standard InChI is InChI=1S/C11H12ClNO4/c1-2-8(11(16)17)13-10(15)7-4-3-6(12)5-9(7)14/h3-5,8,14H,2H2,1H3,(H,13,15)(H,16,17)/t8-/m1/s1. The average Bonchev–Trinajstić information content (AvgIpc) is 2.24. The first-order valence-corrected chi connectivity index (χ1v) is 5.35. The van der Waals surface area contributed by atoms with Crippen LogP contribution in [0.2, 0.25) is 5.02 Å². The van der Waals surface area contributed by atoms with Crippen LogP contribution in [0.3, 0.4) is 0 Å². The van der Waals surface area contributed by atoms with E-state index >= 15 is 0 Å². The zero-order valence-electron chi connectivity index (χ0n) is 9.11. The number of benzene rings is 1. The van der Waals surface area contributed by atoms with E-state index in [1.807, 2.05) is 0 Å². The maximum atomic E-state index is 11.7. The maximum Gasteiger partial charge on any atom is 0.326 e. The van der Waals surface area contributed by atoms with E-state index in [-0.39, 0.29) is 17.7 Å². The van der Waals surface area contributed by atoms with Crippen molar-refractivity contribution in [1.82, 2.24) is 5.32 Å². The minimum Gasteiger partial charge on any atom is -0.507 e. The van der Waals surface area contributed by atoms with E-state index in [1.54, 1.807) is 6.92 Å². The van der Waals surface area contributed by atoms with Crippen molar-refractivity contribution >= 4 is 23.5 Å². The zero-order chi connectivity index (χ0) is 13.0. The first kappa shape index (κ1) is 13.3. The van der Waals surface area contributed by atoms with E-state index in [2.05, 4.69) is 5.32 Å². The minimum atomic E-state index is -1.12. The molecule has 0 saturated heterocycles. The van der Waals surface area contributed by atoms with Crippen molar-refractivity contribution in [1.29, 1.82) is 0 Å². The molecule has 0 radical (unpaired) electrons. The smallest absolute Gasteiger partial charge is 0.326 e. The van der Waals surface area contributed by atoms with Gasteiger partial charge in [-0.25, -0.2) is 4.79 Å². The summed E-state index contributed by atoms with van der Waals surface area (Å²) >= 11 is 5.62. The zero-order valence-corrected chi connectivity index (χ0v) is 9.86. The Bertz CT molecular complexity index is 447. The molecule has 5 nitrogen and oxygen atoms in total. The van der Waals surface area contributed by atoms with Crippen LogP contribution in [0.25, 0.3) is 0 Å². The van der Waals surface area contributed by atoms with Crippen LogP contribution in [0.5, 0.6) is 5.75 Å². The Hall–Kier alpha value is -1.75. The average molecular weight is 258 g/mol. The summed E-state index contributed by atoms with van der Waals surface area (Å²) in [5.74, 6) is -2.04. The van der Waals surface area contributed by atoms with E-state index in [1.165, 1.54) is 18.2 Å². The fourth-order valence-corrected chi connectivity index (χ4v) is 1.44. The lowest BCUT2D eigenvalue weighted by atomic mass is 10.1. The van der Waals surface area contributed by atoms with Crippen LogP contribution < -0.4 is 5.32 Å². The predicted molar refractivity (Wildman–Crippen MR) is 62.3 cm³/mol. The van der Waals surface area contributed by atoms with Gasteiger partial charge in [-0.1, -0.05) is 18.5 Å². The number of aliphatic carboxylic acids is 1. The van der Waals surface area contributed by atoms with Crippen molar-refractivity contribution in [2.24, 2.45) is 0 Å². The second-order valence-corrected chi connectivity index (χ2v) is 3.87. The largest absolute Gasteiger partial charge is 0.507 e. The number of carboxylic acid groups (broad SMARTS) is 1. The number of carboxylic acids is 1. The number of carbonyl (C=O) groups is 2. The summed E-state index contributed by atoms with van der Waals surface area (Å²) in [6, 6.07) is 3.02. The van der Waals surface area contributed by atoms with E-state index < -0.39 is 17.9 Å². The number of carbonyl (C=O) groups excluding carboxylic acids is 1. The van der Waals surface area contributed by atoms with Gasteiger partial charge in [0.25, 0.3) is 5.91 Å².